The molecule has 1 saturated carbocycles. The Morgan fingerprint density at radius 2 is 2.12 bits per heavy atom. The van der Waals surface area contributed by atoms with Gasteiger partial charge in [-0.2, -0.15) is 0 Å². The molecule has 1 fully saturated rings. The van der Waals surface area contributed by atoms with Gasteiger partial charge in [-0.05, 0) is 45.2 Å². The van der Waals surface area contributed by atoms with Crippen LogP contribution in [0.25, 0.3) is 0 Å². The number of hydrogen-bond acceptors (Lipinski definition) is 4. The molecule has 1 rings (SSSR count). The first kappa shape index (κ1) is 13.3. The van der Waals surface area contributed by atoms with Crippen LogP contribution in [0.15, 0.2) is 5.16 Å². The molecule has 0 heterocycles. The monoisotopic (exact) mass is 229 g/mol. The average molecular weight is 229 g/mol. The smallest absolute Gasteiger partial charge is 0.139 e. The third kappa shape index (κ3) is 4.81. The van der Waals surface area contributed by atoms with Gasteiger partial charge in [0.15, 0.2) is 0 Å². The maximum Gasteiger partial charge on any atom is 0.139 e. The molecule has 1 aliphatic carbocycles. The zero-order chi connectivity index (χ0) is 12.0. The molecule has 0 atom stereocenters. The van der Waals surface area contributed by atoms with Crippen molar-refractivity contribution in [3.63, 3.8) is 0 Å². The molecule has 5 heteroatoms. The van der Waals surface area contributed by atoms with Crippen molar-refractivity contribution < 1.29 is 10.3 Å². The first-order chi connectivity index (χ1) is 7.61. The largest absolute Gasteiger partial charge is 0.409 e. The number of aliphatic hydroxyl groups is 1. The summed E-state index contributed by atoms with van der Waals surface area (Å²) in [5.41, 5.74) is 5.38. The van der Waals surface area contributed by atoms with Crippen LogP contribution in [-0.4, -0.2) is 47.3 Å². The number of nitrogens with zero attached hydrogens (tertiary/aromatic N) is 2. The molecule has 4 N–H and O–H groups in total. The molecule has 0 aromatic heterocycles. The zero-order valence-electron chi connectivity index (χ0n) is 9.97. The van der Waals surface area contributed by atoms with E-state index in [2.05, 4.69) is 17.1 Å². The Balaban J connectivity index is 1.96. The molecule has 0 bridgehead atoms. The van der Waals surface area contributed by atoms with E-state index in [-0.39, 0.29) is 6.10 Å². The van der Waals surface area contributed by atoms with Gasteiger partial charge in [0.25, 0.3) is 0 Å². The van der Waals surface area contributed by atoms with Crippen LogP contribution in [0.2, 0.25) is 0 Å². The lowest BCUT2D eigenvalue weighted by molar-refractivity contribution is 0.0282. The lowest BCUT2D eigenvalue weighted by Crippen LogP contribution is -2.37. The molecule has 0 saturated heterocycles. The van der Waals surface area contributed by atoms with Gasteiger partial charge in [-0.1, -0.05) is 5.16 Å². The van der Waals surface area contributed by atoms with E-state index in [1.807, 2.05) is 0 Å². The number of amidine groups is 1. The van der Waals surface area contributed by atoms with Crippen molar-refractivity contribution in [3.05, 3.63) is 0 Å². The molecular formula is C11H23N3O2. The predicted octanol–water partition coefficient (Wildman–Crippen LogP) is 0.606. The van der Waals surface area contributed by atoms with Gasteiger partial charge in [-0.25, -0.2) is 0 Å². The number of oxime groups is 1. The van der Waals surface area contributed by atoms with Gasteiger partial charge in [0, 0.05) is 13.0 Å². The second-order valence-electron chi connectivity index (χ2n) is 4.80. The summed E-state index contributed by atoms with van der Waals surface area (Å²) in [4.78, 5) is 2.29. The van der Waals surface area contributed by atoms with E-state index >= 15 is 0 Å². The molecule has 5 nitrogen and oxygen atoms in total. The first-order valence-electron chi connectivity index (χ1n) is 5.94. The van der Waals surface area contributed by atoms with Crippen LogP contribution in [0.4, 0.5) is 0 Å². The fraction of sp³-hybridized carbons (Fsp3) is 0.909. The van der Waals surface area contributed by atoms with E-state index in [9.17, 15) is 0 Å². The van der Waals surface area contributed by atoms with Gasteiger partial charge < -0.3 is 20.9 Å². The summed E-state index contributed by atoms with van der Waals surface area (Å²) in [6.07, 6.45) is 4.52. The number of aliphatic hydroxyl groups excluding tert-OH is 1. The number of nitrogens with two attached hydrogens (primary N) is 1. The van der Waals surface area contributed by atoms with Crippen LogP contribution in [0.3, 0.4) is 0 Å². The standard InChI is InChI=1S/C11H23N3O2/c1-14(8-9-6-10(15)7-9)5-3-2-4-11(12)13-16/h9-10,15-16H,2-8H2,1H3,(H2,12,13). The second kappa shape index (κ2) is 6.70. The van der Waals surface area contributed by atoms with E-state index in [0.717, 1.165) is 38.8 Å². The Labute approximate surface area is 96.9 Å². The Hall–Kier alpha value is -0.810. The molecule has 0 amide bonds. The van der Waals surface area contributed by atoms with Crippen LogP contribution >= 0.6 is 0 Å². The minimum atomic E-state index is -0.0565. The first-order valence-corrected chi connectivity index (χ1v) is 5.94. The molecule has 0 radical (unpaired) electrons. The van der Waals surface area contributed by atoms with E-state index < -0.39 is 0 Å². The zero-order valence-corrected chi connectivity index (χ0v) is 9.97. The maximum absolute atomic E-state index is 9.16. The van der Waals surface area contributed by atoms with Gasteiger partial charge in [0.1, 0.15) is 5.84 Å². The predicted molar refractivity (Wildman–Crippen MR) is 63.5 cm³/mol. The van der Waals surface area contributed by atoms with Crippen LogP contribution in [-0.2, 0) is 0 Å². The van der Waals surface area contributed by atoms with Gasteiger partial charge in [0.2, 0.25) is 0 Å². The summed E-state index contributed by atoms with van der Waals surface area (Å²) in [6, 6.07) is 0. The molecule has 94 valence electrons. The van der Waals surface area contributed by atoms with Crippen molar-refractivity contribution in [1.29, 1.82) is 0 Å². The summed E-state index contributed by atoms with van der Waals surface area (Å²) in [5, 5.41) is 20.5. The molecule has 0 aromatic carbocycles. The van der Waals surface area contributed by atoms with Gasteiger partial charge in [-0.3, -0.25) is 0 Å². The number of unbranched alkanes of at least 4 members (excludes halogenated alkanes) is 1. The Kier molecular flexibility index (Phi) is 5.55. The topological polar surface area (TPSA) is 82.1 Å². The summed E-state index contributed by atoms with van der Waals surface area (Å²) < 4.78 is 0. The van der Waals surface area contributed by atoms with Crippen molar-refractivity contribution >= 4 is 5.84 Å². The highest BCUT2D eigenvalue weighted by Gasteiger charge is 2.27. The third-order valence-electron chi connectivity index (χ3n) is 3.13. The van der Waals surface area contributed by atoms with E-state index in [4.69, 9.17) is 16.0 Å². The van der Waals surface area contributed by atoms with E-state index in [1.165, 1.54) is 0 Å². The highest BCUT2D eigenvalue weighted by atomic mass is 16.4. The summed E-state index contributed by atoms with van der Waals surface area (Å²) in [7, 11) is 2.11. The molecular weight excluding hydrogens is 206 g/mol. The lowest BCUT2D eigenvalue weighted by atomic mass is 9.82. The number of rotatable bonds is 7. The number of hydrogen-bond donors (Lipinski definition) is 3. The van der Waals surface area contributed by atoms with Crippen LogP contribution in [0.1, 0.15) is 32.1 Å². The second-order valence-corrected chi connectivity index (χ2v) is 4.80. The molecule has 1 aliphatic rings. The van der Waals surface area contributed by atoms with Crippen molar-refractivity contribution in [2.24, 2.45) is 16.8 Å². The average Bonchev–Trinajstić information content (AvgIpc) is 2.22. The fourth-order valence-corrected chi connectivity index (χ4v) is 2.12. The molecule has 16 heavy (non-hydrogen) atoms. The van der Waals surface area contributed by atoms with E-state index in [0.29, 0.717) is 18.2 Å². The van der Waals surface area contributed by atoms with Crippen LogP contribution in [0, 0.1) is 5.92 Å². The molecule has 0 aromatic rings. The van der Waals surface area contributed by atoms with Crippen LogP contribution in [0.5, 0.6) is 0 Å². The van der Waals surface area contributed by atoms with Crippen molar-refractivity contribution in [2.75, 3.05) is 20.1 Å². The summed E-state index contributed by atoms with van der Waals surface area (Å²) >= 11 is 0. The normalized spacial score (nSPS) is 25.8. The van der Waals surface area contributed by atoms with Gasteiger partial charge in [-0.15, -0.1) is 0 Å². The SMILES string of the molecule is CN(CCCCC(N)=NO)CC1CC(O)C1. The fourth-order valence-electron chi connectivity index (χ4n) is 2.12. The van der Waals surface area contributed by atoms with Crippen molar-refractivity contribution in [3.8, 4) is 0 Å². The lowest BCUT2D eigenvalue weighted by Gasteiger charge is -2.34. The molecule has 0 unspecified atom stereocenters. The maximum atomic E-state index is 9.16. The molecule has 0 aliphatic heterocycles. The quantitative estimate of drug-likeness (QED) is 0.196. The minimum absolute atomic E-state index is 0.0565. The van der Waals surface area contributed by atoms with Crippen molar-refractivity contribution in [1.82, 2.24) is 4.90 Å². The van der Waals surface area contributed by atoms with Gasteiger partial charge >= 0.3 is 0 Å². The Bertz CT molecular complexity index is 227. The van der Waals surface area contributed by atoms with E-state index in [1.54, 1.807) is 0 Å². The minimum Gasteiger partial charge on any atom is -0.409 e. The van der Waals surface area contributed by atoms with Crippen LogP contribution < -0.4 is 5.73 Å². The summed E-state index contributed by atoms with van der Waals surface area (Å²) in [6.45, 7) is 2.10. The Morgan fingerprint density at radius 1 is 1.44 bits per heavy atom. The molecule has 0 spiro atoms. The highest BCUT2D eigenvalue weighted by Crippen LogP contribution is 2.27. The third-order valence-corrected chi connectivity index (χ3v) is 3.13. The Morgan fingerprint density at radius 3 is 2.69 bits per heavy atom. The van der Waals surface area contributed by atoms with Gasteiger partial charge in [0.05, 0.1) is 6.10 Å². The van der Waals surface area contributed by atoms with Crippen molar-refractivity contribution in [2.45, 2.75) is 38.2 Å². The summed E-state index contributed by atoms with van der Waals surface area (Å²) in [5.74, 6) is 0.980. The highest BCUT2D eigenvalue weighted by molar-refractivity contribution is 5.79.